The lowest BCUT2D eigenvalue weighted by Gasteiger charge is -2.34. The largest absolute Gasteiger partial charge is 0.476 e. The van der Waals surface area contributed by atoms with E-state index in [1.165, 1.54) is 42.5 Å². The van der Waals surface area contributed by atoms with Gasteiger partial charge in [-0.15, -0.1) is 0 Å². The van der Waals surface area contributed by atoms with Gasteiger partial charge in [0.2, 0.25) is 10.0 Å². The highest BCUT2D eigenvalue weighted by Gasteiger charge is 2.35. The predicted molar refractivity (Wildman–Crippen MR) is 138 cm³/mol. The van der Waals surface area contributed by atoms with Crippen molar-refractivity contribution in [2.45, 2.75) is 11.0 Å². The van der Waals surface area contributed by atoms with Crippen molar-refractivity contribution in [2.75, 3.05) is 27.1 Å². The van der Waals surface area contributed by atoms with Gasteiger partial charge in [-0.3, -0.25) is 13.8 Å². The van der Waals surface area contributed by atoms with E-state index >= 15 is 0 Å². The lowest BCUT2D eigenvalue weighted by atomic mass is 10.2. The third-order valence-electron chi connectivity index (χ3n) is 5.01. The molecule has 184 valence electrons. The van der Waals surface area contributed by atoms with Gasteiger partial charge in [0.05, 0.1) is 23.4 Å². The number of fused-ring (bicyclic) bond motifs is 1. The summed E-state index contributed by atoms with van der Waals surface area (Å²) in [7, 11) is -7.55. The Morgan fingerprint density at radius 1 is 1.00 bits per heavy atom. The number of benzene rings is 3. The maximum Gasteiger partial charge on any atom is 0.267 e. The van der Waals surface area contributed by atoms with Crippen molar-refractivity contribution < 1.29 is 26.4 Å². The number of hydrogen-bond donors (Lipinski definition) is 2. The third kappa shape index (κ3) is 5.89. The summed E-state index contributed by atoms with van der Waals surface area (Å²) >= 11 is 9.28. The first-order valence-corrected chi connectivity index (χ1v) is 14.6. The molecule has 0 bridgehead atoms. The standard InChI is InChI=1S/C22H19BrClN3O6S2/c1-34(29,30)27-13-21(33-20-11-4-15(24)12-19(20)27)22(28)25-16-7-9-18(10-8-16)35(31,32)26-17-5-2-14(23)3-6-17/h2-12,21,26H,13H2,1H3,(H,25,28). The molecule has 9 nitrogen and oxygen atoms in total. The van der Waals surface area contributed by atoms with Crippen molar-refractivity contribution in [2.24, 2.45) is 0 Å². The number of hydrogen-bond acceptors (Lipinski definition) is 6. The lowest BCUT2D eigenvalue weighted by Crippen LogP contribution is -2.48. The number of carbonyl (C=O) groups is 1. The van der Waals surface area contributed by atoms with Gasteiger partial charge in [-0.1, -0.05) is 27.5 Å². The minimum absolute atomic E-state index is 0.00129. The SMILES string of the molecule is CS(=O)(=O)N1CC(C(=O)Nc2ccc(S(=O)(=O)Nc3ccc(Br)cc3)cc2)Oc2ccc(Cl)cc21. The Hall–Kier alpha value is -2.80. The molecule has 3 aromatic rings. The zero-order valence-corrected chi connectivity index (χ0v) is 22.1. The molecule has 0 radical (unpaired) electrons. The van der Waals surface area contributed by atoms with Gasteiger partial charge in [0, 0.05) is 20.9 Å². The molecule has 1 aliphatic rings. The van der Waals surface area contributed by atoms with Gasteiger partial charge in [-0.25, -0.2) is 16.8 Å². The zero-order chi connectivity index (χ0) is 25.4. The summed E-state index contributed by atoms with van der Waals surface area (Å²) in [6.45, 7) is -0.248. The fourth-order valence-electron chi connectivity index (χ4n) is 3.35. The summed E-state index contributed by atoms with van der Waals surface area (Å²) < 4.78 is 59.9. The average Bonchev–Trinajstić information content (AvgIpc) is 2.79. The smallest absolute Gasteiger partial charge is 0.267 e. The van der Waals surface area contributed by atoms with Gasteiger partial charge in [-0.2, -0.15) is 0 Å². The van der Waals surface area contributed by atoms with Crippen molar-refractivity contribution in [3.63, 3.8) is 0 Å². The summed E-state index contributed by atoms with van der Waals surface area (Å²) in [5.74, 6) is -0.394. The van der Waals surface area contributed by atoms with Crippen molar-refractivity contribution in [3.8, 4) is 5.75 Å². The Balaban J connectivity index is 1.48. The number of ether oxygens (including phenoxy) is 1. The van der Waals surface area contributed by atoms with Gasteiger partial charge in [-0.05, 0) is 66.7 Å². The van der Waals surface area contributed by atoms with E-state index in [-0.39, 0.29) is 22.9 Å². The Morgan fingerprint density at radius 3 is 2.26 bits per heavy atom. The first-order valence-electron chi connectivity index (χ1n) is 10.1. The molecule has 1 heterocycles. The maximum atomic E-state index is 12.8. The summed E-state index contributed by atoms with van der Waals surface area (Å²) in [6, 6.07) is 16.7. The first-order chi connectivity index (χ1) is 16.4. The molecule has 2 N–H and O–H groups in total. The lowest BCUT2D eigenvalue weighted by molar-refractivity contribution is -0.122. The molecular formula is C22H19BrClN3O6S2. The number of amides is 1. The fraction of sp³-hybridized carbons (Fsp3) is 0.136. The van der Waals surface area contributed by atoms with E-state index < -0.39 is 32.1 Å². The highest BCUT2D eigenvalue weighted by molar-refractivity contribution is 9.10. The predicted octanol–water partition coefficient (Wildman–Crippen LogP) is 4.07. The van der Waals surface area contributed by atoms with Crippen LogP contribution in [0, 0.1) is 0 Å². The average molecular weight is 601 g/mol. The molecule has 0 aromatic heterocycles. The molecule has 1 aliphatic heterocycles. The second-order valence-electron chi connectivity index (χ2n) is 7.64. The van der Waals surface area contributed by atoms with E-state index in [4.69, 9.17) is 16.3 Å². The van der Waals surface area contributed by atoms with Crippen LogP contribution in [0.4, 0.5) is 17.1 Å². The van der Waals surface area contributed by atoms with Crippen LogP contribution in [0.25, 0.3) is 0 Å². The number of sulfonamides is 2. The Kier molecular flexibility index (Phi) is 7.00. The molecule has 35 heavy (non-hydrogen) atoms. The molecule has 3 aromatic carbocycles. The van der Waals surface area contributed by atoms with Crippen LogP contribution < -0.4 is 19.1 Å². The maximum absolute atomic E-state index is 12.8. The van der Waals surface area contributed by atoms with Gasteiger partial charge >= 0.3 is 0 Å². The number of anilines is 3. The molecule has 1 unspecified atom stereocenters. The number of halogens is 2. The second-order valence-corrected chi connectivity index (χ2v) is 12.6. The second kappa shape index (κ2) is 9.69. The van der Waals surface area contributed by atoms with Crippen LogP contribution >= 0.6 is 27.5 Å². The quantitative estimate of drug-likeness (QED) is 0.440. The Morgan fingerprint density at radius 2 is 1.63 bits per heavy atom. The third-order valence-corrected chi connectivity index (χ3v) is 8.32. The van der Waals surface area contributed by atoms with Crippen LogP contribution in [0.15, 0.2) is 76.1 Å². The first kappa shape index (κ1) is 25.3. The molecule has 0 fully saturated rings. The summed E-state index contributed by atoms with van der Waals surface area (Å²) in [6.07, 6.45) is -0.111. The molecule has 0 aliphatic carbocycles. The number of carbonyl (C=O) groups excluding carboxylic acids is 1. The van der Waals surface area contributed by atoms with Crippen LogP contribution in [0.5, 0.6) is 5.75 Å². The summed E-state index contributed by atoms with van der Waals surface area (Å²) in [4.78, 5) is 12.9. The van der Waals surface area contributed by atoms with Gasteiger partial charge in [0.1, 0.15) is 5.75 Å². The minimum atomic E-state index is -3.84. The minimum Gasteiger partial charge on any atom is -0.476 e. The van der Waals surface area contributed by atoms with E-state index in [0.29, 0.717) is 16.4 Å². The van der Waals surface area contributed by atoms with E-state index in [9.17, 15) is 21.6 Å². The molecular weight excluding hydrogens is 582 g/mol. The fourth-order valence-corrected chi connectivity index (χ4v) is 5.74. The Labute approximate surface area is 216 Å². The van der Waals surface area contributed by atoms with E-state index in [2.05, 4.69) is 26.0 Å². The molecule has 1 atom stereocenters. The van der Waals surface area contributed by atoms with Crippen LogP contribution in [-0.2, 0) is 24.8 Å². The highest BCUT2D eigenvalue weighted by Crippen LogP contribution is 2.37. The number of nitrogens with zero attached hydrogens (tertiary/aromatic N) is 1. The van der Waals surface area contributed by atoms with Crippen LogP contribution in [0.1, 0.15) is 0 Å². The zero-order valence-electron chi connectivity index (χ0n) is 18.1. The summed E-state index contributed by atoms with van der Waals surface area (Å²) in [5, 5.41) is 2.96. The number of rotatable bonds is 6. The van der Waals surface area contributed by atoms with Crippen LogP contribution in [0.3, 0.4) is 0 Å². The molecule has 4 rings (SSSR count). The highest BCUT2D eigenvalue weighted by atomic mass is 79.9. The summed E-state index contributed by atoms with van der Waals surface area (Å²) in [5.41, 5.74) is 0.961. The number of nitrogens with one attached hydrogen (secondary N) is 2. The van der Waals surface area contributed by atoms with E-state index in [0.717, 1.165) is 15.0 Å². The monoisotopic (exact) mass is 599 g/mol. The Bertz CT molecular complexity index is 1480. The van der Waals surface area contributed by atoms with Crippen molar-refractivity contribution in [3.05, 3.63) is 76.2 Å². The van der Waals surface area contributed by atoms with E-state index in [1.807, 2.05) is 0 Å². The van der Waals surface area contributed by atoms with Crippen LogP contribution in [0.2, 0.25) is 5.02 Å². The molecule has 0 spiro atoms. The molecule has 0 saturated carbocycles. The van der Waals surface area contributed by atoms with Gasteiger partial charge in [0.25, 0.3) is 15.9 Å². The normalized spacial score (nSPS) is 15.6. The molecule has 13 heteroatoms. The van der Waals surface area contributed by atoms with Gasteiger partial charge in [0.15, 0.2) is 6.10 Å². The molecule has 0 saturated heterocycles. The van der Waals surface area contributed by atoms with Crippen molar-refractivity contribution >= 4 is 70.5 Å². The van der Waals surface area contributed by atoms with E-state index in [1.54, 1.807) is 24.3 Å². The topological polar surface area (TPSA) is 122 Å². The van der Waals surface area contributed by atoms with Crippen molar-refractivity contribution in [1.82, 2.24) is 0 Å². The van der Waals surface area contributed by atoms with Crippen LogP contribution in [-0.4, -0.2) is 41.6 Å². The molecule has 1 amide bonds. The van der Waals surface area contributed by atoms with Gasteiger partial charge < -0.3 is 10.1 Å². The van der Waals surface area contributed by atoms with Crippen molar-refractivity contribution in [1.29, 1.82) is 0 Å².